The Morgan fingerprint density at radius 1 is 1.48 bits per heavy atom. The zero-order chi connectivity index (χ0) is 16.2. The second-order valence-corrected chi connectivity index (χ2v) is 5.75. The van der Waals surface area contributed by atoms with Crippen LogP contribution in [0.25, 0.3) is 10.8 Å². The van der Waals surface area contributed by atoms with Gasteiger partial charge in [-0.05, 0) is 18.4 Å². The van der Waals surface area contributed by atoms with Gasteiger partial charge in [0.15, 0.2) is 0 Å². The summed E-state index contributed by atoms with van der Waals surface area (Å²) >= 11 is 1.43. The summed E-state index contributed by atoms with van der Waals surface area (Å²) in [4.78, 5) is 32.3. The van der Waals surface area contributed by atoms with Gasteiger partial charge in [0.2, 0.25) is 0 Å². The molecule has 0 aliphatic rings. The Kier molecular flexibility index (Phi) is 4.29. The summed E-state index contributed by atoms with van der Waals surface area (Å²) in [6.45, 7) is 1.96. The molecule has 1 atom stereocenters. The van der Waals surface area contributed by atoms with Crippen LogP contribution in [-0.2, 0) is 6.54 Å². The first kappa shape index (κ1) is 15.1. The van der Waals surface area contributed by atoms with E-state index in [0.717, 1.165) is 4.88 Å². The molecule has 3 aromatic rings. The van der Waals surface area contributed by atoms with Crippen molar-refractivity contribution in [1.29, 1.82) is 0 Å². The number of nitrogens with zero attached hydrogens (tertiary/aromatic N) is 4. The standard InChI is InChI=1S/C14H13N5O3S/c1-9(17-12(20)10-7-15-4-5-16-10)8-19-14(21)22-13(18-19)11-3-2-6-23-11/h2-7,9H,8H2,1H3,(H,17,20)/t9-/m0/s1. The fourth-order valence-electron chi connectivity index (χ4n) is 1.94. The minimum Gasteiger partial charge on any atom is -0.387 e. The summed E-state index contributed by atoms with van der Waals surface area (Å²) in [5.74, 6) is -0.646. The molecule has 0 saturated carbocycles. The van der Waals surface area contributed by atoms with Crippen LogP contribution < -0.4 is 11.1 Å². The second kappa shape index (κ2) is 6.53. The van der Waals surface area contributed by atoms with Gasteiger partial charge in [-0.2, -0.15) is 4.68 Å². The van der Waals surface area contributed by atoms with Crippen LogP contribution in [0.3, 0.4) is 0 Å². The molecule has 0 aliphatic heterocycles. The molecule has 0 bridgehead atoms. The Morgan fingerprint density at radius 3 is 3.04 bits per heavy atom. The first-order valence-corrected chi connectivity index (χ1v) is 7.70. The molecule has 0 radical (unpaired) electrons. The van der Waals surface area contributed by atoms with Crippen LogP contribution in [0, 0.1) is 0 Å². The normalized spacial score (nSPS) is 12.0. The summed E-state index contributed by atoms with van der Waals surface area (Å²) < 4.78 is 6.31. The Morgan fingerprint density at radius 2 is 2.35 bits per heavy atom. The fourth-order valence-corrected chi connectivity index (χ4v) is 2.58. The van der Waals surface area contributed by atoms with Gasteiger partial charge in [-0.25, -0.2) is 9.78 Å². The van der Waals surface area contributed by atoms with E-state index in [9.17, 15) is 9.59 Å². The van der Waals surface area contributed by atoms with Gasteiger partial charge in [-0.1, -0.05) is 6.07 Å². The maximum Gasteiger partial charge on any atom is 0.437 e. The fraction of sp³-hybridized carbons (Fsp3) is 0.214. The summed E-state index contributed by atoms with van der Waals surface area (Å²) in [6.07, 6.45) is 4.30. The van der Waals surface area contributed by atoms with Gasteiger partial charge < -0.3 is 9.73 Å². The molecule has 8 nitrogen and oxygen atoms in total. The highest BCUT2D eigenvalue weighted by Crippen LogP contribution is 2.20. The van der Waals surface area contributed by atoms with Crippen LogP contribution in [0.4, 0.5) is 0 Å². The number of carbonyl (C=O) groups is 1. The molecule has 0 fully saturated rings. The van der Waals surface area contributed by atoms with E-state index in [2.05, 4.69) is 20.4 Å². The highest BCUT2D eigenvalue weighted by atomic mass is 32.1. The number of hydrogen-bond acceptors (Lipinski definition) is 7. The quantitative estimate of drug-likeness (QED) is 0.753. The van der Waals surface area contributed by atoms with Crippen LogP contribution in [0.2, 0.25) is 0 Å². The first-order chi connectivity index (χ1) is 11.1. The zero-order valence-electron chi connectivity index (χ0n) is 12.2. The molecule has 0 aliphatic carbocycles. The molecule has 0 saturated heterocycles. The number of rotatable bonds is 5. The number of carbonyl (C=O) groups excluding carboxylic acids is 1. The van der Waals surface area contributed by atoms with Gasteiger partial charge in [0.05, 0.1) is 17.6 Å². The average molecular weight is 331 g/mol. The molecule has 9 heteroatoms. The number of nitrogens with one attached hydrogen (secondary N) is 1. The predicted octanol–water partition coefficient (Wildman–Crippen LogP) is 1.17. The van der Waals surface area contributed by atoms with Crippen molar-refractivity contribution in [2.24, 2.45) is 0 Å². The minimum atomic E-state index is -0.561. The number of amides is 1. The molecular weight excluding hydrogens is 318 g/mol. The van der Waals surface area contributed by atoms with Crippen LogP contribution in [-0.4, -0.2) is 31.7 Å². The van der Waals surface area contributed by atoms with Crippen molar-refractivity contribution in [2.75, 3.05) is 0 Å². The molecule has 23 heavy (non-hydrogen) atoms. The lowest BCUT2D eigenvalue weighted by Crippen LogP contribution is -2.38. The van der Waals surface area contributed by atoms with Crippen molar-refractivity contribution < 1.29 is 9.21 Å². The van der Waals surface area contributed by atoms with E-state index in [1.165, 1.54) is 34.6 Å². The topological polar surface area (TPSA) is 103 Å². The van der Waals surface area contributed by atoms with Crippen LogP contribution >= 0.6 is 11.3 Å². The molecule has 0 unspecified atom stereocenters. The molecule has 3 aromatic heterocycles. The number of thiophene rings is 1. The largest absolute Gasteiger partial charge is 0.437 e. The van der Waals surface area contributed by atoms with E-state index < -0.39 is 5.76 Å². The van der Waals surface area contributed by atoms with Crippen molar-refractivity contribution in [3.63, 3.8) is 0 Å². The second-order valence-electron chi connectivity index (χ2n) is 4.80. The molecular formula is C14H13N5O3S. The molecule has 3 heterocycles. The monoisotopic (exact) mass is 331 g/mol. The Hall–Kier alpha value is -2.81. The number of hydrogen-bond donors (Lipinski definition) is 1. The van der Waals surface area contributed by atoms with E-state index in [0.29, 0.717) is 0 Å². The third-order valence-electron chi connectivity index (χ3n) is 2.96. The summed E-state index contributed by atoms with van der Waals surface area (Å²) in [5.41, 5.74) is 0.214. The molecule has 3 rings (SSSR count). The molecule has 1 amide bonds. The van der Waals surface area contributed by atoms with Gasteiger partial charge in [0.1, 0.15) is 5.69 Å². The van der Waals surface area contributed by atoms with E-state index in [4.69, 9.17) is 4.42 Å². The molecule has 118 valence electrons. The molecule has 0 aromatic carbocycles. The smallest absolute Gasteiger partial charge is 0.387 e. The molecule has 1 N–H and O–H groups in total. The van der Waals surface area contributed by atoms with Crippen molar-refractivity contribution in [1.82, 2.24) is 25.1 Å². The van der Waals surface area contributed by atoms with Crippen LogP contribution in [0.1, 0.15) is 17.4 Å². The van der Waals surface area contributed by atoms with Crippen molar-refractivity contribution >= 4 is 17.2 Å². The minimum absolute atomic E-state index is 0.194. The van der Waals surface area contributed by atoms with E-state index in [1.807, 2.05) is 17.5 Å². The Bertz CT molecular complexity index is 841. The SMILES string of the molecule is C[C@@H](Cn1nc(-c2cccs2)oc1=O)NC(=O)c1cnccn1. The van der Waals surface area contributed by atoms with Crippen LogP contribution in [0.15, 0.2) is 45.3 Å². The third-order valence-corrected chi connectivity index (χ3v) is 3.82. The van der Waals surface area contributed by atoms with Crippen molar-refractivity contribution in [3.05, 3.63) is 52.3 Å². The Balaban J connectivity index is 1.67. The first-order valence-electron chi connectivity index (χ1n) is 6.82. The summed E-state index contributed by atoms with van der Waals surface area (Å²) in [6, 6.07) is 3.34. The predicted molar refractivity (Wildman–Crippen MR) is 83.0 cm³/mol. The maximum atomic E-state index is 12.0. The Labute approximate surface area is 134 Å². The lowest BCUT2D eigenvalue weighted by atomic mass is 10.3. The van der Waals surface area contributed by atoms with Gasteiger partial charge in [0.25, 0.3) is 11.8 Å². The molecule has 0 spiro atoms. The lowest BCUT2D eigenvalue weighted by molar-refractivity contribution is 0.0930. The number of aromatic nitrogens is 4. The van der Waals surface area contributed by atoms with Crippen molar-refractivity contribution in [3.8, 4) is 10.8 Å². The third kappa shape index (κ3) is 3.51. The summed E-state index contributed by atoms with van der Waals surface area (Å²) in [7, 11) is 0. The van der Waals surface area contributed by atoms with Crippen molar-refractivity contribution in [2.45, 2.75) is 19.5 Å². The maximum absolute atomic E-state index is 12.0. The van der Waals surface area contributed by atoms with Crippen LogP contribution in [0.5, 0.6) is 0 Å². The van der Waals surface area contributed by atoms with Gasteiger partial charge >= 0.3 is 5.76 Å². The van der Waals surface area contributed by atoms with Gasteiger partial charge in [-0.15, -0.1) is 16.4 Å². The zero-order valence-corrected chi connectivity index (χ0v) is 13.0. The lowest BCUT2D eigenvalue weighted by Gasteiger charge is -2.12. The van der Waals surface area contributed by atoms with E-state index in [1.54, 1.807) is 6.92 Å². The summed E-state index contributed by atoms with van der Waals surface area (Å²) in [5, 5.41) is 8.75. The van der Waals surface area contributed by atoms with Gasteiger partial charge in [0, 0.05) is 18.4 Å². The highest BCUT2D eigenvalue weighted by Gasteiger charge is 2.16. The van der Waals surface area contributed by atoms with E-state index >= 15 is 0 Å². The average Bonchev–Trinajstić information content (AvgIpc) is 3.18. The van der Waals surface area contributed by atoms with Gasteiger partial charge in [-0.3, -0.25) is 9.78 Å². The van der Waals surface area contributed by atoms with E-state index in [-0.39, 0.29) is 30.1 Å². The highest BCUT2D eigenvalue weighted by molar-refractivity contribution is 7.13.